The fourth-order valence-corrected chi connectivity index (χ4v) is 5.01. The van der Waals surface area contributed by atoms with Crippen molar-refractivity contribution in [3.05, 3.63) is 63.4 Å². The van der Waals surface area contributed by atoms with Gasteiger partial charge in [0.25, 0.3) is 10.0 Å². The highest BCUT2D eigenvalue weighted by molar-refractivity contribution is 8.00. The number of hydrogen-bond donors (Lipinski definition) is 2. The lowest BCUT2D eigenvalue weighted by molar-refractivity contribution is -0.119. The molecular weight excluding hydrogens is 382 g/mol. The van der Waals surface area contributed by atoms with E-state index < -0.39 is 10.0 Å². The van der Waals surface area contributed by atoms with E-state index in [0.29, 0.717) is 24.1 Å². The van der Waals surface area contributed by atoms with Gasteiger partial charge in [-0.2, -0.15) is 0 Å². The molecule has 8 heteroatoms. The smallest absolute Gasteiger partial charge is 0.264 e. The molecule has 1 amide bonds. The van der Waals surface area contributed by atoms with Crippen molar-refractivity contribution < 1.29 is 13.2 Å². The van der Waals surface area contributed by atoms with E-state index in [4.69, 9.17) is 0 Å². The van der Waals surface area contributed by atoms with Gasteiger partial charge in [-0.3, -0.25) is 14.5 Å². The third kappa shape index (κ3) is 4.45. The largest absolute Gasteiger partial charge is 0.350 e. The van der Waals surface area contributed by atoms with E-state index in [2.05, 4.69) is 15.0 Å². The maximum Gasteiger partial charge on any atom is 0.264 e. The highest BCUT2D eigenvalue weighted by atomic mass is 32.2. The molecule has 27 heavy (non-hydrogen) atoms. The zero-order chi connectivity index (χ0) is 19.4. The average Bonchev–Trinajstić information content (AvgIpc) is 3.24. The molecule has 142 valence electrons. The molecule has 0 atom stereocenters. The SMILES string of the molecule is CCC1=C(c2ccc(C)cc2)S(=O)(=O)NC1=NCC(=O)NCc1cccs1. The van der Waals surface area contributed by atoms with Gasteiger partial charge in [-0.15, -0.1) is 11.3 Å². The molecule has 0 unspecified atom stereocenters. The van der Waals surface area contributed by atoms with Gasteiger partial charge in [0.05, 0.1) is 6.54 Å². The summed E-state index contributed by atoms with van der Waals surface area (Å²) < 4.78 is 27.7. The van der Waals surface area contributed by atoms with Crippen LogP contribution >= 0.6 is 11.3 Å². The highest BCUT2D eigenvalue weighted by Gasteiger charge is 2.33. The Balaban J connectivity index is 1.79. The Labute approximate surface area is 163 Å². The molecule has 2 N–H and O–H groups in total. The fourth-order valence-electron chi connectivity index (χ4n) is 2.81. The molecule has 2 heterocycles. The van der Waals surface area contributed by atoms with Crippen LogP contribution in [-0.2, 0) is 21.4 Å². The molecule has 1 aromatic carbocycles. The van der Waals surface area contributed by atoms with Crippen molar-refractivity contribution in [2.75, 3.05) is 6.54 Å². The second kappa shape index (κ2) is 8.06. The normalized spacial score (nSPS) is 17.2. The maximum absolute atomic E-state index is 12.6. The zero-order valence-electron chi connectivity index (χ0n) is 15.2. The Bertz CT molecular complexity index is 989. The summed E-state index contributed by atoms with van der Waals surface area (Å²) in [5, 5.41) is 4.73. The number of rotatable bonds is 6. The van der Waals surface area contributed by atoms with Gasteiger partial charge < -0.3 is 5.32 Å². The first-order valence-electron chi connectivity index (χ1n) is 8.57. The van der Waals surface area contributed by atoms with Crippen LogP contribution in [0, 0.1) is 6.92 Å². The molecule has 1 aliphatic rings. The number of carbonyl (C=O) groups is 1. The minimum Gasteiger partial charge on any atom is -0.350 e. The number of amidine groups is 1. The summed E-state index contributed by atoms with van der Waals surface area (Å²) in [6.07, 6.45) is 0.491. The Morgan fingerprint density at radius 3 is 2.59 bits per heavy atom. The van der Waals surface area contributed by atoms with Crippen LogP contribution in [0.3, 0.4) is 0 Å². The molecule has 0 spiro atoms. The highest BCUT2D eigenvalue weighted by Crippen LogP contribution is 2.31. The summed E-state index contributed by atoms with van der Waals surface area (Å²) in [6, 6.07) is 11.2. The van der Waals surface area contributed by atoms with Gasteiger partial charge in [-0.25, -0.2) is 8.42 Å². The van der Waals surface area contributed by atoms with Crippen molar-refractivity contribution in [1.29, 1.82) is 0 Å². The van der Waals surface area contributed by atoms with E-state index in [1.807, 2.05) is 43.5 Å². The number of thiophene rings is 1. The van der Waals surface area contributed by atoms with Crippen LogP contribution in [0.5, 0.6) is 0 Å². The summed E-state index contributed by atoms with van der Waals surface area (Å²) >= 11 is 1.56. The van der Waals surface area contributed by atoms with E-state index in [0.717, 1.165) is 10.4 Å². The molecule has 0 saturated heterocycles. The molecule has 0 saturated carbocycles. The third-order valence-electron chi connectivity index (χ3n) is 4.15. The Kier molecular flexibility index (Phi) is 5.76. The standard InChI is InChI=1S/C19H21N3O3S2/c1-3-16-18(14-8-6-13(2)7-9-14)27(24,25)22-19(16)21-12-17(23)20-11-15-5-4-10-26-15/h4-10H,3,11-12H2,1-2H3,(H,20,23)(H,21,22). The van der Waals surface area contributed by atoms with Crippen LogP contribution in [0.15, 0.2) is 52.3 Å². The van der Waals surface area contributed by atoms with E-state index in [1.165, 1.54) is 0 Å². The number of amides is 1. The monoisotopic (exact) mass is 403 g/mol. The van der Waals surface area contributed by atoms with E-state index >= 15 is 0 Å². The third-order valence-corrected chi connectivity index (χ3v) is 6.51. The number of hydrogen-bond acceptors (Lipinski definition) is 5. The molecule has 1 aromatic heterocycles. The quantitative estimate of drug-likeness (QED) is 0.777. The molecular formula is C19H21N3O3S2. The van der Waals surface area contributed by atoms with Crippen LogP contribution in [0.2, 0.25) is 0 Å². The van der Waals surface area contributed by atoms with Gasteiger partial charge >= 0.3 is 0 Å². The molecule has 2 aromatic rings. The van der Waals surface area contributed by atoms with Gasteiger partial charge in [-0.05, 0) is 30.4 Å². The van der Waals surface area contributed by atoms with Crippen LogP contribution in [-0.4, -0.2) is 26.7 Å². The maximum atomic E-state index is 12.6. The lowest BCUT2D eigenvalue weighted by Gasteiger charge is -2.04. The van der Waals surface area contributed by atoms with Gasteiger partial charge in [0.1, 0.15) is 17.3 Å². The second-order valence-electron chi connectivity index (χ2n) is 6.15. The van der Waals surface area contributed by atoms with Crippen LogP contribution in [0.4, 0.5) is 0 Å². The zero-order valence-corrected chi connectivity index (χ0v) is 16.8. The fraction of sp³-hybridized carbons (Fsp3) is 0.263. The molecule has 6 nitrogen and oxygen atoms in total. The molecule has 0 bridgehead atoms. The topological polar surface area (TPSA) is 87.6 Å². The van der Waals surface area contributed by atoms with Gasteiger partial charge in [0, 0.05) is 10.5 Å². The number of aryl methyl sites for hydroxylation is 1. The van der Waals surface area contributed by atoms with Gasteiger partial charge in [0.15, 0.2) is 0 Å². The minimum absolute atomic E-state index is 0.131. The molecule has 0 aliphatic carbocycles. The van der Waals surface area contributed by atoms with Crippen LogP contribution in [0.25, 0.3) is 4.91 Å². The first-order chi connectivity index (χ1) is 12.9. The van der Waals surface area contributed by atoms with Gasteiger partial charge in [-0.1, -0.05) is 42.8 Å². The predicted octanol–water partition coefficient (Wildman–Crippen LogP) is 2.83. The molecule has 0 fully saturated rings. The number of carbonyl (C=O) groups excluding carboxylic acids is 1. The Morgan fingerprint density at radius 2 is 1.96 bits per heavy atom. The van der Waals surface area contributed by atoms with Crippen LogP contribution in [0.1, 0.15) is 29.3 Å². The van der Waals surface area contributed by atoms with E-state index in [-0.39, 0.29) is 23.2 Å². The summed E-state index contributed by atoms with van der Waals surface area (Å²) in [5.74, 6) is -0.00585. The summed E-state index contributed by atoms with van der Waals surface area (Å²) in [4.78, 5) is 17.5. The summed E-state index contributed by atoms with van der Waals surface area (Å²) in [6.45, 7) is 4.13. The number of aliphatic imine (C=N–C) groups is 1. The predicted molar refractivity (Wildman–Crippen MR) is 109 cm³/mol. The van der Waals surface area contributed by atoms with Crippen molar-refractivity contribution in [2.24, 2.45) is 4.99 Å². The van der Waals surface area contributed by atoms with Crippen molar-refractivity contribution in [2.45, 2.75) is 26.8 Å². The van der Waals surface area contributed by atoms with E-state index in [1.54, 1.807) is 23.5 Å². The minimum atomic E-state index is -3.69. The second-order valence-corrected chi connectivity index (χ2v) is 8.81. The Hall–Kier alpha value is -2.45. The van der Waals surface area contributed by atoms with Crippen molar-refractivity contribution in [1.82, 2.24) is 10.0 Å². The van der Waals surface area contributed by atoms with Gasteiger partial charge in [0.2, 0.25) is 5.91 Å². The Morgan fingerprint density at radius 1 is 1.22 bits per heavy atom. The first kappa shape index (κ1) is 19.3. The van der Waals surface area contributed by atoms with Crippen molar-refractivity contribution in [3.63, 3.8) is 0 Å². The molecule has 3 rings (SSSR count). The lowest BCUT2D eigenvalue weighted by Crippen LogP contribution is -2.28. The van der Waals surface area contributed by atoms with E-state index in [9.17, 15) is 13.2 Å². The lowest BCUT2D eigenvalue weighted by atomic mass is 10.1. The number of nitrogens with zero attached hydrogens (tertiary/aromatic N) is 1. The number of nitrogens with one attached hydrogen (secondary N) is 2. The van der Waals surface area contributed by atoms with Crippen molar-refractivity contribution >= 4 is 38.0 Å². The van der Waals surface area contributed by atoms with Crippen molar-refractivity contribution in [3.8, 4) is 0 Å². The first-order valence-corrected chi connectivity index (χ1v) is 10.9. The van der Waals surface area contributed by atoms with Crippen LogP contribution < -0.4 is 10.0 Å². The summed E-state index contributed by atoms with van der Waals surface area (Å²) in [5.41, 5.74) is 2.28. The average molecular weight is 404 g/mol. The summed E-state index contributed by atoms with van der Waals surface area (Å²) in [7, 11) is -3.69. The number of benzene rings is 1. The number of sulfonamides is 1. The molecule has 0 radical (unpaired) electrons. The molecule has 1 aliphatic heterocycles.